The molecular weight excluding hydrogens is 362 g/mol. The molecule has 0 amide bonds. The van der Waals surface area contributed by atoms with Crippen LogP contribution in [0.15, 0.2) is 28.4 Å². The minimum atomic E-state index is 0.00442. The Hall–Kier alpha value is -2.03. The Morgan fingerprint density at radius 1 is 1.37 bits per heavy atom. The number of aromatic nitrogens is 1. The number of benzene rings is 1. The van der Waals surface area contributed by atoms with Gasteiger partial charge in [-0.2, -0.15) is 0 Å². The highest BCUT2D eigenvalue weighted by atomic mass is 32.1. The van der Waals surface area contributed by atoms with Crippen LogP contribution in [0.3, 0.4) is 0 Å². The van der Waals surface area contributed by atoms with E-state index in [1.165, 1.54) is 5.56 Å². The number of hydrogen-bond donors (Lipinski definition) is 3. The number of nitrogens with one attached hydrogen (secondary N) is 2. The van der Waals surface area contributed by atoms with Crippen molar-refractivity contribution in [1.29, 1.82) is 0 Å². The predicted octanol–water partition coefficient (Wildman–Crippen LogP) is 3.68. The highest BCUT2D eigenvalue weighted by Crippen LogP contribution is 2.36. The first-order chi connectivity index (χ1) is 13.0. The minimum absolute atomic E-state index is 0.00442. The van der Waals surface area contributed by atoms with Crippen LogP contribution in [-0.2, 0) is 4.74 Å². The first-order valence-electron chi connectivity index (χ1n) is 9.39. The molecule has 1 fully saturated rings. The molecule has 3 rings (SSSR count). The van der Waals surface area contributed by atoms with Gasteiger partial charge in [0.1, 0.15) is 0 Å². The van der Waals surface area contributed by atoms with Crippen LogP contribution in [0.2, 0.25) is 0 Å². The molecule has 8 heteroatoms. The quantitative estimate of drug-likeness (QED) is 0.399. The lowest BCUT2D eigenvalue weighted by Gasteiger charge is -2.26. The Bertz CT molecular complexity index is 812. The number of fused-ring (bicyclic) bond motifs is 1. The van der Waals surface area contributed by atoms with Gasteiger partial charge < -0.3 is 20.1 Å². The standard InChI is InChI=1S/C19H27N5O2S/c1-13(2)14-4-5-16-15(12-14)17(18(25)21-16)22-23-19(27)20-6-3-7-24-8-10-26-11-9-24/h4-5,12-13,21,25H,3,6-11H2,1-2H3,(H,20,27). The zero-order chi connectivity index (χ0) is 19.2. The van der Waals surface area contributed by atoms with Gasteiger partial charge in [-0.3, -0.25) is 4.90 Å². The van der Waals surface area contributed by atoms with E-state index < -0.39 is 0 Å². The number of ether oxygens (including phenoxy) is 1. The summed E-state index contributed by atoms with van der Waals surface area (Å²) in [6.45, 7) is 9.61. The van der Waals surface area contributed by atoms with Gasteiger partial charge in [-0.05, 0) is 48.8 Å². The van der Waals surface area contributed by atoms with Crippen LogP contribution in [0.4, 0.5) is 5.69 Å². The Labute approximate surface area is 164 Å². The van der Waals surface area contributed by atoms with Crippen molar-refractivity contribution in [1.82, 2.24) is 15.2 Å². The number of morpholine rings is 1. The molecule has 0 radical (unpaired) electrons. The highest BCUT2D eigenvalue weighted by Gasteiger charge is 2.12. The molecule has 1 saturated heterocycles. The average molecular weight is 390 g/mol. The molecule has 0 spiro atoms. The predicted molar refractivity (Wildman–Crippen MR) is 111 cm³/mol. The van der Waals surface area contributed by atoms with Gasteiger partial charge in [-0.1, -0.05) is 19.9 Å². The largest absolute Gasteiger partial charge is 0.493 e. The summed E-state index contributed by atoms with van der Waals surface area (Å²) in [6, 6.07) is 6.03. The number of H-pyrrole nitrogens is 1. The molecule has 1 aliphatic heterocycles. The summed E-state index contributed by atoms with van der Waals surface area (Å²) in [5.41, 5.74) is 2.43. The van der Waals surface area contributed by atoms with Crippen LogP contribution in [-0.4, -0.2) is 59.5 Å². The normalized spacial score (nSPS) is 15.8. The van der Waals surface area contributed by atoms with Crippen LogP contribution in [0.1, 0.15) is 31.7 Å². The van der Waals surface area contributed by atoms with Crippen LogP contribution in [0, 0.1) is 0 Å². The number of hydrogen-bond acceptors (Lipinski definition) is 5. The van der Waals surface area contributed by atoms with Crippen molar-refractivity contribution >= 4 is 33.9 Å². The number of rotatable bonds is 6. The van der Waals surface area contributed by atoms with E-state index in [-0.39, 0.29) is 5.88 Å². The van der Waals surface area contributed by atoms with Crippen molar-refractivity contribution in [2.45, 2.75) is 26.2 Å². The van der Waals surface area contributed by atoms with Crippen molar-refractivity contribution in [3.63, 3.8) is 0 Å². The molecule has 3 N–H and O–H groups in total. The maximum absolute atomic E-state index is 10.1. The zero-order valence-electron chi connectivity index (χ0n) is 15.9. The van der Waals surface area contributed by atoms with E-state index in [9.17, 15) is 5.11 Å². The lowest BCUT2D eigenvalue weighted by Crippen LogP contribution is -2.37. The van der Waals surface area contributed by atoms with Gasteiger partial charge in [-0.25, -0.2) is 0 Å². The van der Waals surface area contributed by atoms with E-state index >= 15 is 0 Å². The molecule has 0 saturated carbocycles. The highest BCUT2D eigenvalue weighted by molar-refractivity contribution is 7.80. The van der Waals surface area contributed by atoms with Gasteiger partial charge in [0.05, 0.1) is 18.7 Å². The molecule has 1 aromatic carbocycles. The van der Waals surface area contributed by atoms with Crippen molar-refractivity contribution in [2.24, 2.45) is 10.2 Å². The SMILES string of the molecule is CC(C)c1ccc2[nH]c(O)c(N=NC(=S)NCCCN3CCOCC3)c2c1. The Morgan fingerprint density at radius 2 is 2.15 bits per heavy atom. The first-order valence-corrected chi connectivity index (χ1v) is 9.79. The Kier molecular flexibility index (Phi) is 6.76. The topological polar surface area (TPSA) is 85.2 Å². The number of nitrogens with zero attached hydrogens (tertiary/aromatic N) is 3. The van der Waals surface area contributed by atoms with Crippen molar-refractivity contribution in [3.8, 4) is 5.88 Å². The van der Waals surface area contributed by atoms with Crippen molar-refractivity contribution in [2.75, 3.05) is 39.4 Å². The lowest BCUT2D eigenvalue weighted by molar-refractivity contribution is 0.0376. The van der Waals surface area contributed by atoms with Gasteiger partial charge >= 0.3 is 0 Å². The Morgan fingerprint density at radius 3 is 2.89 bits per heavy atom. The number of azo groups is 1. The van der Waals surface area contributed by atoms with E-state index in [1.54, 1.807) is 0 Å². The van der Waals surface area contributed by atoms with Crippen LogP contribution >= 0.6 is 12.2 Å². The summed E-state index contributed by atoms with van der Waals surface area (Å²) < 4.78 is 5.34. The van der Waals surface area contributed by atoms with Crippen LogP contribution in [0.5, 0.6) is 5.88 Å². The monoisotopic (exact) mass is 389 g/mol. The summed E-state index contributed by atoms with van der Waals surface area (Å²) in [7, 11) is 0. The summed E-state index contributed by atoms with van der Waals surface area (Å²) in [5, 5.41) is 22.7. The van der Waals surface area contributed by atoms with Gasteiger partial charge in [0.2, 0.25) is 11.0 Å². The minimum Gasteiger partial charge on any atom is -0.493 e. The molecule has 0 aliphatic carbocycles. The number of aromatic amines is 1. The fourth-order valence-corrected chi connectivity index (χ4v) is 3.24. The first kappa shape index (κ1) is 19.7. The van der Waals surface area contributed by atoms with Crippen molar-refractivity contribution < 1.29 is 9.84 Å². The van der Waals surface area contributed by atoms with Gasteiger partial charge in [0.15, 0.2) is 5.69 Å². The summed E-state index contributed by atoms with van der Waals surface area (Å²) in [4.78, 5) is 5.31. The third-order valence-corrected chi connectivity index (χ3v) is 4.94. The van der Waals surface area contributed by atoms with E-state index in [1.807, 2.05) is 18.2 Å². The third-order valence-electron chi connectivity index (χ3n) is 4.71. The number of aromatic hydroxyl groups is 1. The maximum atomic E-state index is 10.1. The zero-order valence-corrected chi connectivity index (χ0v) is 16.7. The van der Waals surface area contributed by atoms with Crippen LogP contribution < -0.4 is 5.32 Å². The van der Waals surface area contributed by atoms with E-state index in [0.29, 0.717) is 16.7 Å². The van der Waals surface area contributed by atoms with E-state index in [2.05, 4.69) is 39.3 Å². The summed E-state index contributed by atoms with van der Waals surface area (Å²) in [6.07, 6.45) is 0.978. The third kappa shape index (κ3) is 5.24. The molecule has 146 valence electrons. The van der Waals surface area contributed by atoms with E-state index in [4.69, 9.17) is 17.0 Å². The second-order valence-electron chi connectivity index (χ2n) is 7.02. The van der Waals surface area contributed by atoms with Gasteiger partial charge in [0.25, 0.3) is 0 Å². The molecule has 2 heterocycles. The molecule has 2 aromatic rings. The number of thiocarbonyl (C=S) groups is 1. The molecule has 7 nitrogen and oxygen atoms in total. The molecule has 1 aromatic heterocycles. The second-order valence-corrected chi connectivity index (χ2v) is 7.41. The van der Waals surface area contributed by atoms with Gasteiger partial charge in [-0.15, -0.1) is 10.2 Å². The molecule has 0 bridgehead atoms. The molecule has 0 unspecified atom stereocenters. The fraction of sp³-hybridized carbons (Fsp3) is 0.526. The average Bonchev–Trinajstić information content (AvgIpc) is 2.98. The van der Waals surface area contributed by atoms with E-state index in [0.717, 1.165) is 56.7 Å². The molecule has 27 heavy (non-hydrogen) atoms. The summed E-state index contributed by atoms with van der Waals surface area (Å²) >= 11 is 5.23. The van der Waals surface area contributed by atoms with Gasteiger partial charge in [0, 0.05) is 25.0 Å². The fourth-order valence-electron chi connectivity index (χ4n) is 3.09. The second kappa shape index (κ2) is 9.25. The lowest BCUT2D eigenvalue weighted by atomic mass is 10.0. The van der Waals surface area contributed by atoms with Crippen LogP contribution in [0.25, 0.3) is 10.9 Å². The summed E-state index contributed by atoms with van der Waals surface area (Å²) in [5.74, 6) is 0.398. The molecule has 0 atom stereocenters. The molecular formula is C19H27N5O2S. The van der Waals surface area contributed by atoms with Crippen molar-refractivity contribution in [3.05, 3.63) is 23.8 Å². The Balaban J connectivity index is 1.55. The molecule has 1 aliphatic rings. The maximum Gasteiger partial charge on any atom is 0.218 e. The smallest absolute Gasteiger partial charge is 0.218 e.